The first kappa shape index (κ1) is 20.5. The molecule has 0 aliphatic heterocycles. The average molecular weight is 412 g/mol. The van der Waals surface area contributed by atoms with E-state index < -0.39 is 27.8 Å². The van der Waals surface area contributed by atoms with Gasteiger partial charge in [-0.3, -0.25) is 9.78 Å². The summed E-state index contributed by atoms with van der Waals surface area (Å²) >= 11 is 0. The van der Waals surface area contributed by atoms with Gasteiger partial charge >= 0.3 is 5.97 Å². The van der Waals surface area contributed by atoms with E-state index in [2.05, 4.69) is 10.3 Å². The molecule has 1 atom stereocenters. The van der Waals surface area contributed by atoms with Crippen LogP contribution in [0.4, 0.5) is 0 Å². The van der Waals surface area contributed by atoms with Gasteiger partial charge in [0.25, 0.3) is 5.91 Å². The number of benzene rings is 2. The molecule has 0 bridgehead atoms. The second kappa shape index (κ2) is 8.83. The first-order chi connectivity index (χ1) is 13.9. The van der Waals surface area contributed by atoms with Crippen LogP contribution in [0.1, 0.15) is 16.8 Å². The molecule has 0 fully saturated rings. The molecule has 3 rings (SSSR count). The molecule has 29 heavy (non-hydrogen) atoms. The summed E-state index contributed by atoms with van der Waals surface area (Å²) in [5.74, 6) is -1.55. The summed E-state index contributed by atoms with van der Waals surface area (Å²) in [7, 11) is -2.42. The van der Waals surface area contributed by atoms with Gasteiger partial charge in [0.1, 0.15) is 6.04 Å². The van der Waals surface area contributed by atoms with E-state index in [9.17, 15) is 18.0 Å². The van der Waals surface area contributed by atoms with E-state index in [1.165, 1.54) is 19.2 Å². The number of para-hydroxylation sites is 1. The Balaban J connectivity index is 1.79. The smallest absolute Gasteiger partial charge is 0.328 e. The second-order valence-electron chi connectivity index (χ2n) is 6.35. The number of esters is 1. The number of rotatable bonds is 7. The number of hydrogen-bond acceptors (Lipinski definition) is 6. The van der Waals surface area contributed by atoms with Crippen LogP contribution in [-0.2, 0) is 19.4 Å². The molecule has 8 heteroatoms. The van der Waals surface area contributed by atoms with Gasteiger partial charge in [-0.1, -0.05) is 36.4 Å². The fourth-order valence-electron chi connectivity index (χ4n) is 2.93. The van der Waals surface area contributed by atoms with E-state index in [1.807, 2.05) is 12.1 Å². The van der Waals surface area contributed by atoms with E-state index in [-0.39, 0.29) is 17.1 Å². The van der Waals surface area contributed by atoms with Crippen molar-refractivity contribution in [1.82, 2.24) is 10.3 Å². The largest absolute Gasteiger partial charge is 0.467 e. The van der Waals surface area contributed by atoms with Gasteiger partial charge in [0.2, 0.25) is 0 Å². The monoisotopic (exact) mass is 412 g/mol. The Hall–Kier alpha value is -3.26. The third-order valence-electron chi connectivity index (χ3n) is 4.45. The number of nitrogens with one attached hydrogen (secondary N) is 1. The lowest BCUT2D eigenvalue weighted by atomic mass is 10.1. The summed E-state index contributed by atoms with van der Waals surface area (Å²) in [6, 6.07) is 15.6. The van der Waals surface area contributed by atoms with E-state index >= 15 is 0 Å². The SMILES string of the molecule is COC(=O)[C@@H](CCS(=O)(=O)c1ccccc1)NC(=O)c1cccc2cccnc12. The number of carbonyl (C=O) groups is 2. The molecule has 0 spiro atoms. The van der Waals surface area contributed by atoms with Gasteiger partial charge in [0.15, 0.2) is 9.84 Å². The number of fused-ring (bicyclic) bond motifs is 1. The number of pyridine rings is 1. The summed E-state index contributed by atoms with van der Waals surface area (Å²) in [4.78, 5) is 29.3. The minimum atomic E-state index is -3.60. The Morgan fingerprint density at radius 2 is 1.76 bits per heavy atom. The highest BCUT2D eigenvalue weighted by Gasteiger charge is 2.26. The van der Waals surface area contributed by atoms with Crippen LogP contribution in [0.3, 0.4) is 0 Å². The minimum Gasteiger partial charge on any atom is -0.467 e. The zero-order chi connectivity index (χ0) is 20.9. The lowest BCUT2D eigenvalue weighted by molar-refractivity contribution is -0.142. The third kappa shape index (κ3) is 4.78. The normalized spacial score (nSPS) is 12.3. The molecular formula is C21H20N2O5S. The number of carbonyl (C=O) groups excluding carboxylic acids is 2. The highest BCUT2D eigenvalue weighted by Crippen LogP contribution is 2.17. The highest BCUT2D eigenvalue weighted by atomic mass is 32.2. The molecule has 0 aliphatic carbocycles. The number of nitrogens with zero attached hydrogens (tertiary/aromatic N) is 1. The number of amides is 1. The third-order valence-corrected chi connectivity index (χ3v) is 6.21. The summed E-state index contributed by atoms with van der Waals surface area (Å²) < 4.78 is 29.8. The minimum absolute atomic E-state index is 0.117. The van der Waals surface area contributed by atoms with Crippen LogP contribution in [0, 0.1) is 0 Å². The van der Waals surface area contributed by atoms with E-state index in [0.29, 0.717) is 11.1 Å². The molecule has 1 aromatic heterocycles. The van der Waals surface area contributed by atoms with Gasteiger partial charge in [-0.05, 0) is 30.7 Å². The zero-order valence-corrected chi connectivity index (χ0v) is 16.6. The topological polar surface area (TPSA) is 102 Å². The predicted octanol–water partition coefficient (Wildman–Crippen LogP) is 2.37. The molecule has 1 amide bonds. The Kier molecular flexibility index (Phi) is 6.23. The number of aromatic nitrogens is 1. The molecule has 1 heterocycles. The van der Waals surface area contributed by atoms with Gasteiger partial charge in [-0.25, -0.2) is 13.2 Å². The maximum atomic E-state index is 12.8. The lowest BCUT2D eigenvalue weighted by Crippen LogP contribution is -2.42. The van der Waals surface area contributed by atoms with Crippen molar-refractivity contribution in [1.29, 1.82) is 0 Å². The van der Waals surface area contributed by atoms with Crippen molar-refractivity contribution in [2.75, 3.05) is 12.9 Å². The van der Waals surface area contributed by atoms with Crippen LogP contribution >= 0.6 is 0 Å². The highest BCUT2D eigenvalue weighted by molar-refractivity contribution is 7.91. The average Bonchev–Trinajstić information content (AvgIpc) is 2.76. The standard InChI is InChI=1S/C21H20N2O5S/c1-28-21(25)18(12-14-29(26,27)16-9-3-2-4-10-16)23-20(24)17-11-5-7-15-8-6-13-22-19(15)17/h2-11,13,18H,12,14H2,1H3,(H,23,24)/t18-/m1/s1. The summed E-state index contributed by atoms with van der Waals surface area (Å²) in [6.07, 6.45) is 1.46. The van der Waals surface area contributed by atoms with Gasteiger partial charge in [-0.15, -0.1) is 0 Å². The maximum Gasteiger partial charge on any atom is 0.328 e. The summed E-state index contributed by atoms with van der Waals surface area (Å²) in [5.41, 5.74) is 0.788. The molecule has 0 aliphatic rings. The Morgan fingerprint density at radius 3 is 2.48 bits per heavy atom. The van der Waals surface area contributed by atoms with Gasteiger partial charge in [0, 0.05) is 11.6 Å². The molecule has 1 N–H and O–H groups in total. The Morgan fingerprint density at radius 1 is 1.03 bits per heavy atom. The molecule has 0 radical (unpaired) electrons. The number of hydrogen-bond donors (Lipinski definition) is 1. The fourth-order valence-corrected chi connectivity index (χ4v) is 4.29. The Bertz CT molecular complexity index is 1120. The van der Waals surface area contributed by atoms with Crippen molar-refractivity contribution in [2.24, 2.45) is 0 Å². The van der Waals surface area contributed by atoms with Crippen molar-refractivity contribution in [3.8, 4) is 0 Å². The van der Waals surface area contributed by atoms with Crippen LogP contribution in [0.2, 0.25) is 0 Å². The van der Waals surface area contributed by atoms with Crippen molar-refractivity contribution in [3.05, 3.63) is 72.4 Å². The van der Waals surface area contributed by atoms with Gasteiger partial charge in [0.05, 0.1) is 28.8 Å². The van der Waals surface area contributed by atoms with Crippen LogP contribution in [0.25, 0.3) is 10.9 Å². The quantitative estimate of drug-likeness (QED) is 0.598. The predicted molar refractivity (Wildman–Crippen MR) is 108 cm³/mol. The first-order valence-electron chi connectivity index (χ1n) is 8.92. The van der Waals surface area contributed by atoms with E-state index in [4.69, 9.17) is 4.74 Å². The molecule has 0 unspecified atom stereocenters. The number of ether oxygens (including phenoxy) is 1. The van der Waals surface area contributed by atoms with E-state index in [0.717, 1.165) is 5.39 Å². The molecule has 7 nitrogen and oxygen atoms in total. The lowest BCUT2D eigenvalue weighted by Gasteiger charge is -2.17. The molecule has 150 valence electrons. The van der Waals surface area contributed by atoms with Crippen molar-refractivity contribution in [3.63, 3.8) is 0 Å². The van der Waals surface area contributed by atoms with Crippen molar-refractivity contribution in [2.45, 2.75) is 17.4 Å². The van der Waals surface area contributed by atoms with E-state index in [1.54, 1.807) is 42.6 Å². The van der Waals surface area contributed by atoms with Gasteiger partial charge in [-0.2, -0.15) is 0 Å². The molecule has 3 aromatic rings. The van der Waals surface area contributed by atoms with Crippen molar-refractivity contribution < 1.29 is 22.7 Å². The summed E-state index contributed by atoms with van der Waals surface area (Å²) in [5, 5.41) is 3.36. The molecule has 2 aromatic carbocycles. The zero-order valence-electron chi connectivity index (χ0n) is 15.7. The van der Waals surface area contributed by atoms with Gasteiger partial charge < -0.3 is 10.1 Å². The number of sulfone groups is 1. The van der Waals surface area contributed by atoms with Crippen LogP contribution in [0.5, 0.6) is 0 Å². The Labute approximate surface area is 168 Å². The summed E-state index contributed by atoms with van der Waals surface area (Å²) in [6.45, 7) is 0. The van der Waals surface area contributed by atoms with Crippen LogP contribution in [-0.4, -0.2) is 44.2 Å². The molecule has 0 saturated carbocycles. The number of methoxy groups -OCH3 is 1. The first-order valence-corrected chi connectivity index (χ1v) is 10.6. The van der Waals surface area contributed by atoms with Crippen LogP contribution in [0.15, 0.2) is 71.8 Å². The van der Waals surface area contributed by atoms with Crippen molar-refractivity contribution >= 4 is 32.6 Å². The fraction of sp³-hybridized carbons (Fsp3) is 0.190. The van der Waals surface area contributed by atoms with Crippen LogP contribution < -0.4 is 5.32 Å². The molecular weight excluding hydrogens is 392 g/mol. The second-order valence-corrected chi connectivity index (χ2v) is 8.46. The molecule has 0 saturated heterocycles. The maximum absolute atomic E-state index is 12.8.